The van der Waals surface area contributed by atoms with Crippen molar-refractivity contribution in [3.05, 3.63) is 54.1 Å². The number of hydrogen-bond donors (Lipinski definition) is 1. The van der Waals surface area contributed by atoms with Gasteiger partial charge in [0.25, 0.3) is 0 Å². The molecular formula is C20H26N2O3. The highest BCUT2D eigenvalue weighted by molar-refractivity contribution is 5.93. The van der Waals surface area contributed by atoms with E-state index in [0.29, 0.717) is 31.2 Å². The standard InChI is InChI=1S/C20H26N2O3/c1-4-24-19-12-8-6-10-17(19)21-20(23)15-22(3)13-14-25-18-11-7-5-9-16(18)2/h5-12H,4,13-15H2,1-3H3,(H,21,23). The molecule has 0 bridgehead atoms. The Morgan fingerprint density at radius 1 is 1.04 bits per heavy atom. The summed E-state index contributed by atoms with van der Waals surface area (Å²) in [7, 11) is 1.90. The van der Waals surface area contributed by atoms with Gasteiger partial charge in [-0.15, -0.1) is 0 Å². The fourth-order valence-corrected chi connectivity index (χ4v) is 2.40. The van der Waals surface area contributed by atoms with Crippen LogP contribution in [0.2, 0.25) is 0 Å². The van der Waals surface area contributed by atoms with Crippen LogP contribution in [0.3, 0.4) is 0 Å². The molecule has 0 atom stereocenters. The van der Waals surface area contributed by atoms with Crippen LogP contribution in [-0.2, 0) is 4.79 Å². The largest absolute Gasteiger partial charge is 0.492 e. The lowest BCUT2D eigenvalue weighted by Crippen LogP contribution is -2.33. The average Bonchev–Trinajstić information content (AvgIpc) is 2.58. The van der Waals surface area contributed by atoms with E-state index in [1.807, 2.05) is 74.3 Å². The van der Waals surface area contributed by atoms with Gasteiger partial charge in [0, 0.05) is 6.54 Å². The van der Waals surface area contributed by atoms with Crippen molar-refractivity contribution in [2.45, 2.75) is 13.8 Å². The third kappa shape index (κ3) is 6.12. The predicted molar refractivity (Wildman–Crippen MR) is 100 cm³/mol. The van der Waals surface area contributed by atoms with Gasteiger partial charge in [-0.25, -0.2) is 0 Å². The zero-order chi connectivity index (χ0) is 18.1. The molecule has 0 saturated carbocycles. The molecule has 0 unspecified atom stereocenters. The molecule has 0 fully saturated rings. The normalized spacial score (nSPS) is 10.6. The van der Waals surface area contributed by atoms with Crippen LogP contribution in [0.15, 0.2) is 48.5 Å². The van der Waals surface area contributed by atoms with Crippen LogP contribution in [0.25, 0.3) is 0 Å². The third-order valence-electron chi connectivity index (χ3n) is 3.70. The van der Waals surface area contributed by atoms with Crippen molar-refractivity contribution in [2.24, 2.45) is 0 Å². The lowest BCUT2D eigenvalue weighted by molar-refractivity contribution is -0.117. The summed E-state index contributed by atoms with van der Waals surface area (Å²) >= 11 is 0. The van der Waals surface area contributed by atoms with E-state index >= 15 is 0 Å². The molecule has 0 aliphatic carbocycles. The monoisotopic (exact) mass is 342 g/mol. The molecule has 5 nitrogen and oxygen atoms in total. The topological polar surface area (TPSA) is 50.8 Å². The molecule has 2 aromatic rings. The van der Waals surface area contributed by atoms with Crippen LogP contribution in [0, 0.1) is 6.92 Å². The minimum absolute atomic E-state index is 0.0782. The van der Waals surface area contributed by atoms with Crippen LogP contribution in [0.5, 0.6) is 11.5 Å². The summed E-state index contributed by atoms with van der Waals surface area (Å²) < 4.78 is 11.3. The average molecular weight is 342 g/mol. The molecule has 0 aliphatic heterocycles. The summed E-state index contributed by atoms with van der Waals surface area (Å²) in [4.78, 5) is 14.1. The first-order valence-electron chi connectivity index (χ1n) is 8.48. The van der Waals surface area contributed by atoms with Crippen LogP contribution in [0.4, 0.5) is 5.69 Å². The van der Waals surface area contributed by atoms with Gasteiger partial charge in [-0.1, -0.05) is 30.3 Å². The number of aryl methyl sites for hydroxylation is 1. The number of anilines is 1. The molecule has 134 valence electrons. The smallest absolute Gasteiger partial charge is 0.238 e. The first-order valence-corrected chi connectivity index (χ1v) is 8.48. The number of ether oxygens (including phenoxy) is 2. The van der Waals surface area contributed by atoms with E-state index in [1.165, 1.54) is 0 Å². The van der Waals surface area contributed by atoms with Gasteiger partial charge < -0.3 is 14.8 Å². The van der Waals surface area contributed by atoms with Gasteiger partial charge in [0.05, 0.1) is 18.8 Å². The van der Waals surface area contributed by atoms with E-state index in [9.17, 15) is 4.79 Å². The zero-order valence-electron chi connectivity index (χ0n) is 15.1. The summed E-state index contributed by atoms with van der Waals surface area (Å²) in [5.41, 5.74) is 1.80. The van der Waals surface area contributed by atoms with E-state index in [0.717, 1.165) is 11.3 Å². The quantitative estimate of drug-likeness (QED) is 0.759. The number of hydrogen-bond acceptors (Lipinski definition) is 4. The maximum absolute atomic E-state index is 12.2. The van der Waals surface area contributed by atoms with E-state index < -0.39 is 0 Å². The van der Waals surface area contributed by atoms with E-state index in [2.05, 4.69) is 5.32 Å². The SMILES string of the molecule is CCOc1ccccc1NC(=O)CN(C)CCOc1ccccc1C. The van der Waals surface area contributed by atoms with Gasteiger partial charge in [0.2, 0.25) is 5.91 Å². The summed E-state index contributed by atoms with van der Waals surface area (Å²) in [5, 5.41) is 2.90. The minimum atomic E-state index is -0.0782. The number of carbonyl (C=O) groups excluding carboxylic acids is 1. The van der Waals surface area contributed by atoms with Crippen LogP contribution < -0.4 is 14.8 Å². The number of amides is 1. The highest BCUT2D eigenvalue weighted by Crippen LogP contribution is 2.23. The van der Waals surface area contributed by atoms with Gasteiger partial charge in [0.1, 0.15) is 18.1 Å². The van der Waals surface area contributed by atoms with Crippen molar-refractivity contribution in [3.63, 3.8) is 0 Å². The molecule has 0 aliphatic rings. The van der Waals surface area contributed by atoms with Crippen molar-refractivity contribution in [1.29, 1.82) is 0 Å². The Morgan fingerprint density at radius 3 is 2.44 bits per heavy atom. The molecule has 0 radical (unpaired) electrons. The third-order valence-corrected chi connectivity index (χ3v) is 3.70. The Morgan fingerprint density at radius 2 is 1.72 bits per heavy atom. The zero-order valence-corrected chi connectivity index (χ0v) is 15.1. The second-order valence-corrected chi connectivity index (χ2v) is 5.83. The Kier molecular flexibility index (Phi) is 7.29. The number of rotatable bonds is 9. The van der Waals surface area contributed by atoms with Gasteiger partial charge in [0.15, 0.2) is 0 Å². The second-order valence-electron chi connectivity index (χ2n) is 5.83. The number of para-hydroxylation sites is 3. The highest BCUT2D eigenvalue weighted by atomic mass is 16.5. The van der Waals surface area contributed by atoms with Crippen molar-refractivity contribution in [3.8, 4) is 11.5 Å². The Balaban J connectivity index is 1.77. The Labute approximate surface area is 149 Å². The van der Waals surface area contributed by atoms with Crippen molar-refractivity contribution < 1.29 is 14.3 Å². The predicted octanol–water partition coefficient (Wildman–Crippen LogP) is 3.34. The van der Waals surface area contributed by atoms with Crippen molar-refractivity contribution in [1.82, 2.24) is 4.90 Å². The lowest BCUT2D eigenvalue weighted by atomic mass is 10.2. The highest BCUT2D eigenvalue weighted by Gasteiger charge is 2.10. The lowest BCUT2D eigenvalue weighted by Gasteiger charge is -2.18. The summed E-state index contributed by atoms with van der Waals surface area (Å²) in [6.45, 7) is 5.97. The number of nitrogens with zero attached hydrogens (tertiary/aromatic N) is 1. The molecule has 0 saturated heterocycles. The molecule has 0 aromatic heterocycles. The van der Waals surface area contributed by atoms with Gasteiger partial charge in [-0.3, -0.25) is 9.69 Å². The van der Waals surface area contributed by atoms with Gasteiger partial charge in [-0.2, -0.15) is 0 Å². The molecule has 25 heavy (non-hydrogen) atoms. The molecule has 2 aromatic carbocycles. The second kappa shape index (κ2) is 9.69. The van der Waals surface area contributed by atoms with Crippen LogP contribution >= 0.6 is 0 Å². The molecule has 5 heteroatoms. The van der Waals surface area contributed by atoms with Crippen LogP contribution in [0.1, 0.15) is 12.5 Å². The van der Waals surface area contributed by atoms with Crippen LogP contribution in [-0.4, -0.2) is 44.2 Å². The van der Waals surface area contributed by atoms with Gasteiger partial charge >= 0.3 is 0 Å². The first-order chi connectivity index (χ1) is 12.1. The minimum Gasteiger partial charge on any atom is -0.492 e. The van der Waals surface area contributed by atoms with E-state index in [1.54, 1.807) is 0 Å². The number of carbonyl (C=O) groups is 1. The summed E-state index contributed by atoms with van der Waals surface area (Å²) in [6, 6.07) is 15.3. The maximum atomic E-state index is 12.2. The fraction of sp³-hybridized carbons (Fsp3) is 0.350. The summed E-state index contributed by atoms with van der Waals surface area (Å²) in [5.74, 6) is 1.49. The number of benzene rings is 2. The molecule has 1 amide bonds. The molecular weight excluding hydrogens is 316 g/mol. The molecule has 0 heterocycles. The number of nitrogens with one attached hydrogen (secondary N) is 1. The van der Waals surface area contributed by atoms with Crippen molar-refractivity contribution in [2.75, 3.05) is 38.7 Å². The number of likely N-dealkylation sites (N-methyl/N-ethyl adjacent to an activating group) is 1. The van der Waals surface area contributed by atoms with E-state index in [4.69, 9.17) is 9.47 Å². The molecule has 1 N–H and O–H groups in total. The first kappa shape index (κ1) is 18.8. The molecule has 2 rings (SSSR count). The Hall–Kier alpha value is -2.53. The molecule has 0 spiro atoms. The maximum Gasteiger partial charge on any atom is 0.238 e. The van der Waals surface area contributed by atoms with Crippen molar-refractivity contribution >= 4 is 11.6 Å². The van der Waals surface area contributed by atoms with E-state index in [-0.39, 0.29) is 12.5 Å². The Bertz CT molecular complexity index is 688. The fourth-order valence-electron chi connectivity index (χ4n) is 2.40. The van der Waals surface area contributed by atoms with Gasteiger partial charge in [-0.05, 0) is 44.7 Å². The summed E-state index contributed by atoms with van der Waals surface area (Å²) in [6.07, 6.45) is 0.